The number of rotatable bonds is 2. The van der Waals surface area contributed by atoms with Gasteiger partial charge in [0.2, 0.25) is 0 Å². The van der Waals surface area contributed by atoms with Crippen LogP contribution in [0.25, 0.3) is 16.6 Å². The Morgan fingerprint density at radius 3 is 2.78 bits per heavy atom. The molecule has 0 amide bonds. The summed E-state index contributed by atoms with van der Waals surface area (Å²) in [7, 11) is 0. The molecule has 7 heteroatoms. The van der Waals surface area contributed by atoms with Crippen LogP contribution in [0.5, 0.6) is 11.5 Å². The number of nitrogens with zero attached hydrogens (tertiary/aromatic N) is 2. The minimum atomic E-state index is 0.116. The number of benzene rings is 2. The predicted octanol–water partition coefficient (Wildman–Crippen LogP) is 3.41. The lowest BCUT2D eigenvalue weighted by Gasteiger charge is -2.23. The number of aryl methyl sites for hydroxylation is 1. The van der Waals surface area contributed by atoms with Gasteiger partial charge >= 0.3 is 0 Å². The van der Waals surface area contributed by atoms with Gasteiger partial charge in [-0.1, -0.05) is 6.07 Å². The summed E-state index contributed by atoms with van der Waals surface area (Å²) in [6.45, 7) is 3.26. The molecule has 0 radical (unpaired) electrons. The number of hydrogen-bond donors (Lipinski definition) is 3. The average molecular weight is 362 g/mol. The molecule has 0 saturated carbocycles. The largest absolute Gasteiger partial charge is 0.509 e. The number of anilines is 1. The Kier molecular flexibility index (Phi) is 3.36. The molecule has 3 N–H and O–H groups in total. The van der Waals surface area contributed by atoms with E-state index in [0.29, 0.717) is 36.1 Å². The molecule has 27 heavy (non-hydrogen) atoms. The molecule has 0 unspecified atom stereocenters. The van der Waals surface area contributed by atoms with Gasteiger partial charge in [0.05, 0.1) is 23.2 Å². The van der Waals surface area contributed by atoms with Gasteiger partial charge in [0, 0.05) is 11.8 Å². The van der Waals surface area contributed by atoms with E-state index in [2.05, 4.69) is 9.97 Å². The van der Waals surface area contributed by atoms with Crippen LogP contribution in [0.1, 0.15) is 11.4 Å². The number of ether oxygens (including phenoxy) is 2. The lowest BCUT2D eigenvalue weighted by atomic mass is 10.2. The highest BCUT2D eigenvalue weighted by Crippen LogP contribution is 2.37. The summed E-state index contributed by atoms with van der Waals surface area (Å²) < 4.78 is 11.2. The van der Waals surface area contributed by atoms with Crippen LogP contribution in [0.2, 0.25) is 0 Å². The number of imidazole rings is 1. The van der Waals surface area contributed by atoms with E-state index in [9.17, 15) is 5.11 Å². The first-order valence-electron chi connectivity index (χ1n) is 8.75. The molecule has 136 valence electrons. The second-order valence-electron chi connectivity index (χ2n) is 6.69. The molecule has 7 nitrogen and oxygen atoms in total. The Morgan fingerprint density at radius 1 is 1.11 bits per heavy atom. The molecule has 3 heterocycles. The fourth-order valence-corrected chi connectivity index (χ4v) is 3.49. The van der Waals surface area contributed by atoms with E-state index in [0.717, 1.165) is 22.3 Å². The minimum Gasteiger partial charge on any atom is -0.509 e. The normalized spacial score (nSPS) is 16.5. The average Bonchev–Trinajstić information content (AvgIpc) is 3.20. The van der Waals surface area contributed by atoms with Gasteiger partial charge in [0.25, 0.3) is 0 Å². The van der Waals surface area contributed by atoms with Crippen molar-refractivity contribution in [3.8, 4) is 11.5 Å². The van der Waals surface area contributed by atoms with Crippen LogP contribution in [0.4, 0.5) is 5.69 Å². The fourth-order valence-electron chi connectivity index (χ4n) is 3.49. The van der Waals surface area contributed by atoms with Crippen LogP contribution in [-0.2, 0) is 0 Å². The Balaban J connectivity index is 1.50. The van der Waals surface area contributed by atoms with Crippen molar-refractivity contribution < 1.29 is 14.6 Å². The van der Waals surface area contributed by atoms with Gasteiger partial charge in [-0.05, 0) is 36.8 Å². The number of aliphatic hydroxyl groups excluding tert-OH is 1. The van der Waals surface area contributed by atoms with E-state index in [1.165, 1.54) is 0 Å². The number of H-pyrrole nitrogens is 1. The van der Waals surface area contributed by atoms with Gasteiger partial charge in [-0.2, -0.15) is 0 Å². The second kappa shape index (κ2) is 5.77. The van der Waals surface area contributed by atoms with Crippen molar-refractivity contribution in [3.63, 3.8) is 0 Å². The van der Waals surface area contributed by atoms with Crippen LogP contribution < -0.4 is 14.4 Å². The standard InChI is InChI=1S/C20H18N4O3/c1-11-2-4-13-14(8-11)23-20(22-13)18-15(25)10-24(19(18)21)12-3-5-16-17(9-12)27-7-6-26-16/h2-5,8-9,21,25H,6-7,10H2,1H3,(H,22,23). The zero-order valence-electron chi connectivity index (χ0n) is 14.7. The molecule has 0 bridgehead atoms. The number of aromatic amines is 1. The monoisotopic (exact) mass is 362 g/mol. The number of aromatic nitrogens is 2. The molecular formula is C20H18N4O3. The summed E-state index contributed by atoms with van der Waals surface area (Å²) in [4.78, 5) is 9.49. The van der Waals surface area contributed by atoms with Crippen molar-refractivity contribution in [1.29, 1.82) is 5.41 Å². The van der Waals surface area contributed by atoms with Crippen molar-refractivity contribution in [1.82, 2.24) is 9.97 Å². The van der Waals surface area contributed by atoms with E-state index >= 15 is 0 Å². The maximum Gasteiger partial charge on any atom is 0.163 e. The van der Waals surface area contributed by atoms with Crippen molar-refractivity contribution in [2.45, 2.75) is 6.92 Å². The van der Waals surface area contributed by atoms with E-state index < -0.39 is 0 Å². The predicted molar refractivity (Wildman–Crippen MR) is 103 cm³/mol. The first-order chi connectivity index (χ1) is 13.1. The van der Waals surface area contributed by atoms with Crippen LogP contribution in [0.3, 0.4) is 0 Å². The summed E-state index contributed by atoms with van der Waals surface area (Å²) in [5.74, 6) is 2.16. The summed E-state index contributed by atoms with van der Waals surface area (Å²) in [5, 5.41) is 19.1. The summed E-state index contributed by atoms with van der Waals surface area (Å²) >= 11 is 0. The fraction of sp³-hybridized carbons (Fsp3) is 0.200. The van der Waals surface area contributed by atoms with Crippen LogP contribution in [0, 0.1) is 12.3 Å². The highest BCUT2D eigenvalue weighted by molar-refractivity contribution is 6.30. The quantitative estimate of drug-likeness (QED) is 0.649. The van der Waals surface area contributed by atoms with Crippen LogP contribution in [-0.4, -0.2) is 40.7 Å². The zero-order valence-corrected chi connectivity index (χ0v) is 14.7. The Morgan fingerprint density at radius 2 is 1.93 bits per heavy atom. The van der Waals surface area contributed by atoms with Crippen molar-refractivity contribution >= 4 is 28.1 Å². The third-order valence-corrected chi connectivity index (χ3v) is 4.81. The third-order valence-electron chi connectivity index (χ3n) is 4.81. The maximum atomic E-state index is 10.5. The summed E-state index contributed by atoms with van der Waals surface area (Å²) in [6.07, 6.45) is 0. The highest BCUT2D eigenvalue weighted by atomic mass is 16.6. The topological polar surface area (TPSA) is 94.5 Å². The molecule has 0 spiro atoms. The lowest BCUT2D eigenvalue weighted by Crippen LogP contribution is -2.26. The molecule has 3 aromatic rings. The number of fused-ring (bicyclic) bond motifs is 2. The first kappa shape index (κ1) is 15.7. The Hall–Kier alpha value is -3.48. The van der Waals surface area contributed by atoms with Gasteiger partial charge in [-0.3, -0.25) is 5.41 Å². The molecule has 0 atom stereocenters. The molecular weight excluding hydrogens is 344 g/mol. The van der Waals surface area contributed by atoms with Crippen molar-refractivity contribution in [3.05, 3.63) is 53.5 Å². The van der Waals surface area contributed by atoms with Gasteiger partial charge in [-0.25, -0.2) is 4.98 Å². The Labute approximate surface area is 155 Å². The van der Waals surface area contributed by atoms with Crippen LogP contribution in [0.15, 0.2) is 42.2 Å². The molecule has 0 saturated heterocycles. The van der Waals surface area contributed by atoms with E-state index in [1.54, 1.807) is 4.90 Å². The van der Waals surface area contributed by atoms with Gasteiger partial charge in [-0.15, -0.1) is 0 Å². The first-order valence-corrected chi connectivity index (χ1v) is 8.75. The second-order valence-corrected chi connectivity index (χ2v) is 6.69. The molecule has 2 aliphatic rings. The molecule has 5 rings (SSSR count). The minimum absolute atomic E-state index is 0.116. The lowest BCUT2D eigenvalue weighted by molar-refractivity contribution is 0.171. The van der Waals surface area contributed by atoms with E-state index in [-0.39, 0.29) is 18.1 Å². The number of hydrogen-bond acceptors (Lipinski definition) is 5. The smallest absolute Gasteiger partial charge is 0.163 e. The SMILES string of the molecule is Cc1ccc2nc(C3=C(O)CN(c4ccc5c(c4)OCCO5)C3=N)[nH]c2c1. The van der Waals surface area contributed by atoms with Gasteiger partial charge < -0.3 is 24.5 Å². The van der Waals surface area contributed by atoms with E-state index in [1.807, 2.05) is 43.3 Å². The van der Waals surface area contributed by atoms with Crippen molar-refractivity contribution in [2.24, 2.45) is 0 Å². The number of nitrogens with one attached hydrogen (secondary N) is 2. The summed E-state index contributed by atoms with van der Waals surface area (Å²) in [5.41, 5.74) is 3.99. The van der Waals surface area contributed by atoms with Crippen molar-refractivity contribution in [2.75, 3.05) is 24.7 Å². The van der Waals surface area contributed by atoms with Gasteiger partial charge in [0.15, 0.2) is 11.5 Å². The van der Waals surface area contributed by atoms with Gasteiger partial charge in [0.1, 0.15) is 30.6 Å². The number of aliphatic hydroxyl groups is 1. The van der Waals surface area contributed by atoms with Crippen LogP contribution >= 0.6 is 0 Å². The molecule has 1 aromatic heterocycles. The summed E-state index contributed by atoms with van der Waals surface area (Å²) in [6, 6.07) is 11.4. The molecule has 0 fully saturated rings. The Bertz CT molecular complexity index is 1120. The van der Waals surface area contributed by atoms with E-state index in [4.69, 9.17) is 14.9 Å². The molecule has 2 aliphatic heterocycles. The number of amidine groups is 1. The zero-order chi connectivity index (χ0) is 18.5. The highest BCUT2D eigenvalue weighted by Gasteiger charge is 2.32. The molecule has 0 aliphatic carbocycles. The molecule has 2 aromatic carbocycles. The maximum absolute atomic E-state index is 10.5. The third kappa shape index (κ3) is 2.51.